The molecule has 2 fully saturated rings. The SMILES string of the molecule is c1ccc(-n2nnnc2NC2CC3CCC(C2)N3)cc1. The molecule has 2 atom stereocenters. The van der Waals surface area contributed by atoms with Gasteiger partial charge in [0, 0.05) is 18.1 Å². The highest BCUT2D eigenvalue weighted by Crippen LogP contribution is 2.28. The molecule has 1 aromatic heterocycles. The Morgan fingerprint density at radius 2 is 1.85 bits per heavy atom. The zero-order valence-corrected chi connectivity index (χ0v) is 11.2. The fourth-order valence-electron chi connectivity index (χ4n) is 3.38. The molecule has 20 heavy (non-hydrogen) atoms. The summed E-state index contributed by atoms with van der Waals surface area (Å²) in [5.41, 5.74) is 0.983. The monoisotopic (exact) mass is 270 g/mol. The highest BCUT2D eigenvalue weighted by atomic mass is 15.6. The summed E-state index contributed by atoms with van der Waals surface area (Å²) >= 11 is 0. The Balaban J connectivity index is 1.54. The van der Waals surface area contributed by atoms with E-state index in [1.165, 1.54) is 12.8 Å². The lowest BCUT2D eigenvalue weighted by atomic mass is 10.0. The van der Waals surface area contributed by atoms with Gasteiger partial charge in [-0.2, -0.15) is 4.68 Å². The predicted molar refractivity (Wildman–Crippen MR) is 75.7 cm³/mol. The highest BCUT2D eigenvalue weighted by molar-refractivity contribution is 5.39. The number of benzene rings is 1. The number of nitrogens with zero attached hydrogens (tertiary/aromatic N) is 4. The molecule has 2 aliphatic rings. The van der Waals surface area contributed by atoms with E-state index in [1.807, 2.05) is 30.3 Å². The van der Waals surface area contributed by atoms with Gasteiger partial charge in [-0.15, -0.1) is 0 Å². The van der Waals surface area contributed by atoms with Gasteiger partial charge in [0.15, 0.2) is 0 Å². The van der Waals surface area contributed by atoms with Crippen LogP contribution in [0, 0.1) is 0 Å². The molecule has 0 saturated carbocycles. The number of nitrogens with one attached hydrogen (secondary N) is 2. The first-order chi connectivity index (χ1) is 9.88. The van der Waals surface area contributed by atoms with E-state index in [2.05, 4.69) is 26.2 Å². The maximum Gasteiger partial charge on any atom is 0.247 e. The van der Waals surface area contributed by atoms with Crippen LogP contribution in [0.3, 0.4) is 0 Å². The minimum absolute atomic E-state index is 0.460. The Bertz CT molecular complexity index is 568. The molecular formula is C14H18N6. The second kappa shape index (κ2) is 4.86. The Morgan fingerprint density at radius 1 is 1.10 bits per heavy atom. The normalized spacial score (nSPS) is 28.5. The first-order valence-electron chi connectivity index (χ1n) is 7.25. The highest BCUT2D eigenvalue weighted by Gasteiger charge is 2.33. The van der Waals surface area contributed by atoms with Gasteiger partial charge in [0.25, 0.3) is 0 Å². The Morgan fingerprint density at radius 3 is 2.60 bits per heavy atom. The van der Waals surface area contributed by atoms with Crippen molar-refractivity contribution in [2.75, 3.05) is 5.32 Å². The second-order valence-corrected chi connectivity index (χ2v) is 5.70. The molecule has 6 heteroatoms. The van der Waals surface area contributed by atoms with E-state index in [0.29, 0.717) is 18.1 Å². The number of hydrogen-bond donors (Lipinski definition) is 2. The van der Waals surface area contributed by atoms with Crippen LogP contribution < -0.4 is 10.6 Å². The second-order valence-electron chi connectivity index (χ2n) is 5.70. The number of piperidine rings is 1. The Kier molecular flexibility index (Phi) is 2.88. The van der Waals surface area contributed by atoms with E-state index in [-0.39, 0.29) is 0 Å². The average molecular weight is 270 g/mol. The van der Waals surface area contributed by atoms with Gasteiger partial charge in [-0.05, 0) is 48.2 Å². The topological polar surface area (TPSA) is 67.7 Å². The van der Waals surface area contributed by atoms with Crippen molar-refractivity contribution in [3.8, 4) is 5.69 Å². The summed E-state index contributed by atoms with van der Waals surface area (Å²) in [6.07, 6.45) is 4.90. The summed E-state index contributed by atoms with van der Waals surface area (Å²) in [6, 6.07) is 11.8. The third-order valence-electron chi connectivity index (χ3n) is 4.28. The van der Waals surface area contributed by atoms with Crippen LogP contribution >= 0.6 is 0 Å². The van der Waals surface area contributed by atoms with Crippen LogP contribution in [0.1, 0.15) is 25.7 Å². The molecule has 2 unspecified atom stereocenters. The summed E-state index contributed by atoms with van der Waals surface area (Å²) in [4.78, 5) is 0. The van der Waals surface area contributed by atoms with Crippen LogP contribution in [0.2, 0.25) is 0 Å². The van der Waals surface area contributed by atoms with Crippen molar-refractivity contribution in [3.63, 3.8) is 0 Å². The minimum atomic E-state index is 0.460. The number of hydrogen-bond acceptors (Lipinski definition) is 5. The summed E-state index contributed by atoms with van der Waals surface area (Å²) in [5.74, 6) is 0.738. The minimum Gasteiger partial charge on any atom is -0.350 e. The molecule has 104 valence electrons. The molecular weight excluding hydrogens is 252 g/mol. The zero-order valence-electron chi connectivity index (χ0n) is 11.2. The van der Waals surface area contributed by atoms with E-state index in [0.717, 1.165) is 24.5 Å². The lowest BCUT2D eigenvalue weighted by Gasteiger charge is -2.29. The molecule has 0 radical (unpaired) electrons. The molecule has 4 rings (SSSR count). The lowest BCUT2D eigenvalue weighted by Crippen LogP contribution is -2.43. The van der Waals surface area contributed by atoms with Crippen molar-refractivity contribution in [1.29, 1.82) is 0 Å². The molecule has 0 spiro atoms. The van der Waals surface area contributed by atoms with E-state index in [9.17, 15) is 0 Å². The number of tetrazole rings is 1. The smallest absolute Gasteiger partial charge is 0.247 e. The molecule has 6 nitrogen and oxygen atoms in total. The molecule has 2 saturated heterocycles. The van der Waals surface area contributed by atoms with Crippen molar-refractivity contribution in [2.45, 2.75) is 43.8 Å². The quantitative estimate of drug-likeness (QED) is 0.881. The van der Waals surface area contributed by atoms with Crippen LogP contribution in [0.25, 0.3) is 5.69 Å². The molecule has 2 N–H and O–H groups in total. The molecule has 2 aliphatic heterocycles. The standard InChI is InChI=1S/C14H18N6/c1-2-4-13(5-3-1)20-14(17-18-19-20)16-12-8-10-6-7-11(9-12)15-10/h1-5,10-12,15H,6-9H2,(H,16,17,19). The average Bonchev–Trinajstić information content (AvgIpc) is 3.07. The fourth-order valence-corrected chi connectivity index (χ4v) is 3.38. The van der Waals surface area contributed by atoms with Gasteiger partial charge >= 0.3 is 0 Å². The Labute approximate surface area is 117 Å². The van der Waals surface area contributed by atoms with Gasteiger partial charge in [-0.3, -0.25) is 0 Å². The summed E-state index contributed by atoms with van der Waals surface area (Å²) in [5, 5.41) is 19.2. The molecule has 1 aromatic carbocycles. The third kappa shape index (κ3) is 2.16. The van der Waals surface area contributed by atoms with E-state index in [1.54, 1.807) is 4.68 Å². The molecule has 2 aromatic rings. The van der Waals surface area contributed by atoms with Crippen molar-refractivity contribution in [2.24, 2.45) is 0 Å². The van der Waals surface area contributed by atoms with E-state index < -0.39 is 0 Å². The predicted octanol–water partition coefficient (Wildman–Crippen LogP) is 1.36. The van der Waals surface area contributed by atoms with Gasteiger partial charge < -0.3 is 10.6 Å². The number of aromatic nitrogens is 4. The van der Waals surface area contributed by atoms with Gasteiger partial charge in [0.1, 0.15) is 0 Å². The van der Waals surface area contributed by atoms with Crippen molar-refractivity contribution >= 4 is 5.95 Å². The Hall–Kier alpha value is -1.95. The van der Waals surface area contributed by atoms with Crippen molar-refractivity contribution < 1.29 is 0 Å². The zero-order chi connectivity index (χ0) is 13.4. The maximum atomic E-state index is 4.13. The first-order valence-corrected chi connectivity index (χ1v) is 7.25. The molecule has 0 amide bonds. The number of rotatable bonds is 3. The summed E-state index contributed by atoms with van der Waals surface area (Å²) in [6.45, 7) is 0. The van der Waals surface area contributed by atoms with Gasteiger partial charge in [0.05, 0.1) is 5.69 Å². The number of fused-ring (bicyclic) bond motifs is 2. The summed E-state index contributed by atoms with van der Waals surface area (Å²) < 4.78 is 1.77. The first kappa shape index (κ1) is 11.8. The third-order valence-corrected chi connectivity index (χ3v) is 4.28. The fraction of sp³-hybridized carbons (Fsp3) is 0.500. The molecule has 3 heterocycles. The van der Waals surface area contributed by atoms with Gasteiger partial charge in [0.2, 0.25) is 5.95 Å². The van der Waals surface area contributed by atoms with Crippen molar-refractivity contribution in [3.05, 3.63) is 30.3 Å². The van der Waals surface area contributed by atoms with Crippen molar-refractivity contribution in [1.82, 2.24) is 25.5 Å². The lowest BCUT2D eigenvalue weighted by molar-refractivity contribution is 0.376. The molecule has 2 bridgehead atoms. The van der Waals surface area contributed by atoms with Gasteiger partial charge in [-0.25, -0.2) is 0 Å². The van der Waals surface area contributed by atoms with Gasteiger partial charge in [-0.1, -0.05) is 23.3 Å². The molecule has 0 aliphatic carbocycles. The van der Waals surface area contributed by atoms with Crippen LogP contribution in [0.4, 0.5) is 5.95 Å². The van der Waals surface area contributed by atoms with Crippen LogP contribution in [0.5, 0.6) is 0 Å². The number of anilines is 1. The maximum absolute atomic E-state index is 4.13. The van der Waals surface area contributed by atoms with Crippen LogP contribution in [0.15, 0.2) is 30.3 Å². The largest absolute Gasteiger partial charge is 0.350 e. The van der Waals surface area contributed by atoms with Crippen LogP contribution in [-0.4, -0.2) is 38.3 Å². The van der Waals surface area contributed by atoms with E-state index in [4.69, 9.17) is 0 Å². The summed E-state index contributed by atoms with van der Waals surface area (Å²) in [7, 11) is 0. The van der Waals surface area contributed by atoms with Crippen LogP contribution in [-0.2, 0) is 0 Å². The van der Waals surface area contributed by atoms with E-state index >= 15 is 0 Å². The number of para-hydroxylation sites is 1.